The molecule has 0 aliphatic carbocycles. The second kappa shape index (κ2) is 10.6. The van der Waals surface area contributed by atoms with Gasteiger partial charge >= 0.3 is 0 Å². The molecule has 3 rings (SSSR count). The summed E-state index contributed by atoms with van der Waals surface area (Å²) in [7, 11) is -3.52. The van der Waals surface area contributed by atoms with Crippen LogP contribution in [-0.4, -0.2) is 62.0 Å². The molecule has 1 aliphatic rings. The van der Waals surface area contributed by atoms with Gasteiger partial charge in [-0.05, 0) is 43.0 Å². The standard InChI is InChI=1S/C24H34N4O3S/c1-4-20(16-25)26-24(29)17-28(32(3,30)31)21-12-14-27(15-13-21)18(2)22-11-7-9-19-8-5-6-10-23(19)22/h4-11,18,21H,12-17,25H2,1-3H3,(H,26,29). The van der Waals surface area contributed by atoms with Crippen LogP contribution in [0.5, 0.6) is 0 Å². The minimum Gasteiger partial charge on any atom is -0.328 e. The Morgan fingerprint density at radius 2 is 1.88 bits per heavy atom. The number of nitrogens with one attached hydrogen (secondary N) is 1. The largest absolute Gasteiger partial charge is 0.328 e. The topological polar surface area (TPSA) is 95.7 Å². The van der Waals surface area contributed by atoms with E-state index < -0.39 is 10.0 Å². The molecule has 174 valence electrons. The number of hydrogen-bond donors (Lipinski definition) is 2. The zero-order valence-electron chi connectivity index (χ0n) is 19.1. The molecule has 1 heterocycles. The highest BCUT2D eigenvalue weighted by Crippen LogP contribution is 2.31. The number of sulfonamides is 1. The van der Waals surface area contributed by atoms with Crippen LogP contribution in [0.25, 0.3) is 10.8 Å². The average Bonchev–Trinajstić information content (AvgIpc) is 2.79. The number of piperidine rings is 1. The quantitative estimate of drug-likeness (QED) is 0.634. The Labute approximate surface area is 191 Å². The molecule has 1 amide bonds. The highest BCUT2D eigenvalue weighted by atomic mass is 32.2. The zero-order valence-corrected chi connectivity index (χ0v) is 19.9. The van der Waals surface area contributed by atoms with E-state index in [9.17, 15) is 13.2 Å². The number of carbonyl (C=O) groups is 1. The van der Waals surface area contributed by atoms with Gasteiger partial charge in [-0.15, -0.1) is 0 Å². The molecule has 0 aromatic heterocycles. The molecule has 0 bridgehead atoms. The van der Waals surface area contributed by atoms with Crippen LogP contribution in [-0.2, 0) is 14.8 Å². The fraction of sp³-hybridized carbons (Fsp3) is 0.458. The van der Waals surface area contributed by atoms with Crippen LogP contribution in [0.2, 0.25) is 0 Å². The van der Waals surface area contributed by atoms with Crippen molar-refractivity contribution in [1.29, 1.82) is 0 Å². The van der Waals surface area contributed by atoms with Crippen molar-refractivity contribution in [3.63, 3.8) is 0 Å². The number of rotatable bonds is 8. The van der Waals surface area contributed by atoms with Crippen molar-refractivity contribution in [3.8, 4) is 0 Å². The third-order valence-electron chi connectivity index (χ3n) is 6.32. The van der Waals surface area contributed by atoms with E-state index in [1.807, 2.05) is 6.07 Å². The van der Waals surface area contributed by atoms with Gasteiger partial charge in [0.15, 0.2) is 0 Å². The van der Waals surface area contributed by atoms with Gasteiger partial charge < -0.3 is 11.1 Å². The summed E-state index contributed by atoms with van der Waals surface area (Å²) in [5.74, 6) is -0.361. The molecule has 0 radical (unpaired) electrons. The molecule has 3 N–H and O–H groups in total. The number of amides is 1. The fourth-order valence-electron chi connectivity index (χ4n) is 4.49. The first-order valence-electron chi connectivity index (χ1n) is 11.1. The number of carbonyl (C=O) groups excluding carboxylic acids is 1. The van der Waals surface area contributed by atoms with Gasteiger partial charge in [-0.2, -0.15) is 4.31 Å². The Morgan fingerprint density at radius 3 is 2.50 bits per heavy atom. The Morgan fingerprint density at radius 1 is 1.22 bits per heavy atom. The maximum atomic E-state index is 12.5. The normalized spacial score (nSPS) is 17.6. The van der Waals surface area contributed by atoms with E-state index in [1.54, 1.807) is 13.0 Å². The van der Waals surface area contributed by atoms with E-state index in [-0.39, 0.29) is 31.1 Å². The van der Waals surface area contributed by atoms with Crippen LogP contribution in [0.4, 0.5) is 0 Å². The van der Waals surface area contributed by atoms with Gasteiger partial charge in [0.05, 0.1) is 12.8 Å². The van der Waals surface area contributed by atoms with Crippen molar-refractivity contribution in [2.24, 2.45) is 5.73 Å². The fourth-order valence-corrected chi connectivity index (χ4v) is 5.60. The van der Waals surface area contributed by atoms with E-state index in [2.05, 4.69) is 53.5 Å². The first-order chi connectivity index (χ1) is 15.2. The number of benzene rings is 2. The lowest BCUT2D eigenvalue weighted by molar-refractivity contribution is -0.121. The van der Waals surface area contributed by atoms with Crippen LogP contribution in [0.3, 0.4) is 0 Å². The molecule has 1 atom stereocenters. The number of allylic oxidation sites excluding steroid dienone is 1. The van der Waals surface area contributed by atoms with Gasteiger partial charge in [-0.25, -0.2) is 8.42 Å². The minimum absolute atomic E-state index is 0.195. The Bertz CT molecular complexity index is 1070. The molecule has 8 heteroatoms. The van der Waals surface area contributed by atoms with E-state index >= 15 is 0 Å². The second-order valence-corrected chi connectivity index (χ2v) is 10.3. The molecule has 1 aliphatic heterocycles. The van der Waals surface area contributed by atoms with Gasteiger partial charge in [0.25, 0.3) is 0 Å². The molecular formula is C24H34N4O3S. The Hall–Kier alpha value is -2.26. The summed E-state index contributed by atoms with van der Waals surface area (Å²) in [5.41, 5.74) is 7.46. The van der Waals surface area contributed by atoms with Crippen LogP contribution in [0.15, 0.2) is 54.2 Å². The lowest BCUT2D eigenvalue weighted by Gasteiger charge is -2.40. The van der Waals surface area contributed by atoms with Gasteiger partial charge in [0.2, 0.25) is 15.9 Å². The summed E-state index contributed by atoms with van der Waals surface area (Å²) in [5, 5.41) is 5.17. The molecule has 0 saturated carbocycles. The smallest absolute Gasteiger partial charge is 0.239 e. The highest BCUT2D eigenvalue weighted by Gasteiger charge is 2.33. The maximum Gasteiger partial charge on any atom is 0.239 e. The van der Waals surface area contributed by atoms with E-state index in [1.165, 1.54) is 26.9 Å². The van der Waals surface area contributed by atoms with E-state index in [0.29, 0.717) is 18.5 Å². The summed E-state index contributed by atoms with van der Waals surface area (Å²) in [6, 6.07) is 14.8. The second-order valence-electron chi connectivity index (χ2n) is 8.39. The molecular weight excluding hydrogens is 424 g/mol. The van der Waals surface area contributed by atoms with Crippen molar-refractivity contribution >= 4 is 26.7 Å². The molecule has 0 spiro atoms. The number of nitrogens with zero attached hydrogens (tertiary/aromatic N) is 2. The summed E-state index contributed by atoms with van der Waals surface area (Å²) in [6.07, 6.45) is 4.26. The summed E-state index contributed by atoms with van der Waals surface area (Å²) < 4.78 is 26.3. The number of hydrogen-bond acceptors (Lipinski definition) is 5. The highest BCUT2D eigenvalue weighted by molar-refractivity contribution is 7.88. The lowest BCUT2D eigenvalue weighted by atomic mass is 9.96. The number of nitrogens with two attached hydrogens (primary N) is 1. The van der Waals surface area contributed by atoms with Gasteiger partial charge in [0.1, 0.15) is 0 Å². The zero-order chi connectivity index (χ0) is 23.3. The van der Waals surface area contributed by atoms with Gasteiger partial charge in [-0.3, -0.25) is 9.69 Å². The van der Waals surface area contributed by atoms with E-state index in [0.717, 1.165) is 13.1 Å². The third kappa shape index (κ3) is 5.75. The molecule has 1 saturated heterocycles. The average molecular weight is 459 g/mol. The number of fused-ring (bicyclic) bond motifs is 1. The van der Waals surface area contributed by atoms with Crippen LogP contribution in [0.1, 0.15) is 38.3 Å². The summed E-state index contributed by atoms with van der Waals surface area (Å²) >= 11 is 0. The van der Waals surface area contributed by atoms with Crippen LogP contribution >= 0.6 is 0 Å². The Balaban J connectivity index is 1.68. The summed E-state index contributed by atoms with van der Waals surface area (Å²) in [6.45, 7) is 5.53. The third-order valence-corrected chi connectivity index (χ3v) is 7.60. The predicted octanol–water partition coefficient (Wildman–Crippen LogP) is 2.61. The monoisotopic (exact) mass is 458 g/mol. The molecule has 1 unspecified atom stereocenters. The molecule has 7 nitrogen and oxygen atoms in total. The van der Waals surface area contributed by atoms with Gasteiger partial charge in [-0.1, -0.05) is 48.5 Å². The minimum atomic E-state index is -3.52. The van der Waals surface area contributed by atoms with Crippen molar-refractivity contribution in [2.75, 3.05) is 32.4 Å². The molecule has 1 fully saturated rings. The molecule has 2 aromatic carbocycles. The van der Waals surface area contributed by atoms with Crippen molar-refractivity contribution in [2.45, 2.75) is 38.8 Å². The van der Waals surface area contributed by atoms with Crippen molar-refractivity contribution < 1.29 is 13.2 Å². The lowest BCUT2D eigenvalue weighted by Crippen LogP contribution is -2.50. The first-order valence-corrected chi connectivity index (χ1v) is 12.9. The van der Waals surface area contributed by atoms with E-state index in [4.69, 9.17) is 5.73 Å². The van der Waals surface area contributed by atoms with Crippen LogP contribution < -0.4 is 11.1 Å². The number of likely N-dealkylation sites (tertiary alicyclic amines) is 1. The van der Waals surface area contributed by atoms with Crippen molar-refractivity contribution in [3.05, 3.63) is 59.8 Å². The summed E-state index contributed by atoms with van der Waals surface area (Å²) in [4.78, 5) is 14.8. The SMILES string of the molecule is CC=C(CN)NC(=O)CN(C1CCN(C(C)c2cccc3ccccc23)CC1)S(C)(=O)=O. The molecule has 2 aromatic rings. The first kappa shape index (κ1) is 24.4. The van der Waals surface area contributed by atoms with Crippen molar-refractivity contribution in [1.82, 2.24) is 14.5 Å². The Kier molecular flexibility index (Phi) is 8.05. The van der Waals surface area contributed by atoms with Crippen LogP contribution in [0, 0.1) is 0 Å². The maximum absolute atomic E-state index is 12.5. The van der Waals surface area contributed by atoms with Gasteiger partial charge in [0, 0.05) is 37.4 Å². The molecule has 32 heavy (non-hydrogen) atoms. The predicted molar refractivity (Wildman–Crippen MR) is 129 cm³/mol.